The molecule has 1 aromatic heterocycles. The molecule has 1 N–H and O–H groups in total. The number of rotatable bonds is 4. The lowest BCUT2D eigenvalue weighted by molar-refractivity contribution is -0.124. The number of carbonyl (C=O) groups is 3. The number of pyridine rings is 1. The molecule has 0 aromatic carbocycles. The fraction of sp³-hybridized carbons (Fsp3) is 0.273. The van der Waals surface area contributed by atoms with E-state index in [0.717, 1.165) is 16.7 Å². The maximum atomic E-state index is 13.2. The number of imide groups is 1. The van der Waals surface area contributed by atoms with Crippen LogP contribution in [0.25, 0.3) is 0 Å². The van der Waals surface area contributed by atoms with Crippen molar-refractivity contribution < 1.29 is 18.8 Å². The van der Waals surface area contributed by atoms with Gasteiger partial charge in [-0.1, -0.05) is 11.8 Å². The van der Waals surface area contributed by atoms with Crippen molar-refractivity contribution in [3.05, 3.63) is 29.8 Å². The van der Waals surface area contributed by atoms with E-state index in [1.807, 2.05) is 0 Å². The van der Waals surface area contributed by atoms with E-state index >= 15 is 0 Å². The number of hydrogen-bond donors (Lipinski definition) is 1. The highest BCUT2D eigenvalue weighted by atomic mass is 32.2. The average molecular weight is 283 g/mol. The molecule has 2 rings (SSSR count). The van der Waals surface area contributed by atoms with E-state index in [4.69, 9.17) is 0 Å². The molecule has 100 valence electrons. The van der Waals surface area contributed by atoms with E-state index in [1.165, 1.54) is 18.3 Å². The number of amides is 3. The van der Waals surface area contributed by atoms with Crippen LogP contribution in [0.5, 0.6) is 0 Å². The van der Waals surface area contributed by atoms with Crippen LogP contribution in [0.1, 0.15) is 10.4 Å². The molecule has 19 heavy (non-hydrogen) atoms. The SMILES string of the molecule is O=C(NCCN1C(=O)CSC1=O)c1cccnc1F. The van der Waals surface area contributed by atoms with E-state index in [2.05, 4.69) is 10.3 Å². The Morgan fingerprint density at radius 3 is 2.95 bits per heavy atom. The highest BCUT2D eigenvalue weighted by Crippen LogP contribution is 2.17. The summed E-state index contributed by atoms with van der Waals surface area (Å²) in [5.74, 6) is -1.64. The molecule has 2 heterocycles. The number of hydrogen-bond acceptors (Lipinski definition) is 5. The fourth-order valence-electron chi connectivity index (χ4n) is 1.53. The first-order chi connectivity index (χ1) is 9.09. The molecule has 1 fully saturated rings. The number of aromatic nitrogens is 1. The van der Waals surface area contributed by atoms with E-state index in [1.54, 1.807) is 0 Å². The van der Waals surface area contributed by atoms with Gasteiger partial charge in [0, 0.05) is 19.3 Å². The van der Waals surface area contributed by atoms with Gasteiger partial charge in [-0.15, -0.1) is 0 Å². The average Bonchev–Trinajstić information content (AvgIpc) is 2.70. The summed E-state index contributed by atoms with van der Waals surface area (Å²) in [4.78, 5) is 38.6. The number of carbonyl (C=O) groups excluding carboxylic acids is 3. The van der Waals surface area contributed by atoms with Crippen LogP contribution in [-0.2, 0) is 4.79 Å². The summed E-state index contributed by atoms with van der Waals surface area (Å²) in [5, 5.41) is 2.11. The first kappa shape index (κ1) is 13.5. The summed E-state index contributed by atoms with van der Waals surface area (Å²) in [5.41, 5.74) is -0.170. The van der Waals surface area contributed by atoms with Crippen molar-refractivity contribution in [3.63, 3.8) is 0 Å². The largest absolute Gasteiger partial charge is 0.350 e. The first-order valence-electron chi connectivity index (χ1n) is 5.45. The number of nitrogens with one attached hydrogen (secondary N) is 1. The van der Waals surface area contributed by atoms with Crippen LogP contribution in [0.4, 0.5) is 9.18 Å². The van der Waals surface area contributed by atoms with Gasteiger partial charge < -0.3 is 5.32 Å². The molecular formula is C11H10FN3O3S. The lowest BCUT2D eigenvalue weighted by Crippen LogP contribution is -2.37. The molecule has 0 aliphatic carbocycles. The molecule has 0 unspecified atom stereocenters. The molecule has 0 saturated carbocycles. The molecule has 0 bridgehead atoms. The third-order valence-electron chi connectivity index (χ3n) is 2.47. The van der Waals surface area contributed by atoms with Crippen molar-refractivity contribution >= 4 is 28.8 Å². The molecule has 1 saturated heterocycles. The summed E-state index contributed by atoms with van der Waals surface area (Å²) < 4.78 is 13.2. The molecular weight excluding hydrogens is 273 g/mol. The number of nitrogens with zero attached hydrogens (tertiary/aromatic N) is 2. The van der Waals surface area contributed by atoms with E-state index in [9.17, 15) is 18.8 Å². The van der Waals surface area contributed by atoms with Crippen molar-refractivity contribution in [2.24, 2.45) is 0 Å². The van der Waals surface area contributed by atoms with Crippen molar-refractivity contribution in [1.82, 2.24) is 15.2 Å². The van der Waals surface area contributed by atoms with Gasteiger partial charge in [0.2, 0.25) is 11.9 Å². The predicted octanol–water partition coefficient (Wildman–Crippen LogP) is 0.646. The summed E-state index contributed by atoms with van der Waals surface area (Å²) >= 11 is 0.926. The topological polar surface area (TPSA) is 79.4 Å². The zero-order valence-corrected chi connectivity index (χ0v) is 10.6. The van der Waals surface area contributed by atoms with E-state index < -0.39 is 11.9 Å². The standard InChI is InChI=1S/C11H10FN3O3S/c12-9-7(2-1-3-13-9)10(17)14-4-5-15-8(16)6-19-11(15)18/h1-3H,4-6H2,(H,14,17). The van der Waals surface area contributed by atoms with Crippen LogP contribution >= 0.6 is 11.8 Å². The quantitative estimate of drug-likeness (QED) is 0.821. The molecule has 1 aromatic rings. The van der Waals surface area contributed by atoms with E-state index in [0.29, 0.717) is 0 Å². The van der Waals surface area contributed by atoms with Gasteiger partial charge in [-0.25, -0.2) is 4.98 Å². The third-order valence-corrected chi connectivity index (χ3v) is 3.32. The van der Waals surface area contributed by atoms with Crippen LogP contribution in [0, 0.1) is 5.95 Å². The molecule has 1 aliphatic rings. The smallest absolute Gasteiger partial charge is 0.288 e. The fourth-order valence-corrected chi connectivity index (χ4v) is 2.28. The van der Waals surface area contributed by atoms with Crippen molar-refractivity contribution in [2.45, 2.75) is 0 Å². The predicted molar refractivity (Wildman–Crippen MR) is 66.1 cm³/mol. The molecule has 3 amide bonds. The lowest BCUT2D eigenvalue weighted by Gasteiger charge is -2.13. The van der Waals surface area contributed by atoms with Crippen LogP contribution in [0.2, 0.25) is 0 Å². The Bertz CT molecular complexity index is 522. The third kappa shape index (κ3) is 3.08. The second kappa shape index (κ2) is 5.79. The molecule has 0 radical (unpaired) electrons. The zero-order chi connectivity index (χ0) is 13.8. The Balaban J connectivity index is 1.86. The lowest BCUT2D eigenvalue weighted by atomic mass is 10.2. The van der Waals surface area contributed by atoms with Gasteiger partial charge in [0.15, 0.2) is 0 Å². The Morgan fingerprint density at radius 1 is 1.53 bits per heavy atom. The highest BCUT2D eigenvalue weighted by molar-refractivity contribution is 8.14. The molecule has 0 spiro atoms. The Kier molecular flexibility index (Phi) is 4.10. The van der Waals surface area contributed by atoms with Crippen LogP contribution in [-0.4, -0.2) is 45.8 Å². The van der Waals surface area contributed by atoms with Crippen LogP contribution in [0.3, 0.4) is 0 Å². The van der Waals surface area contributed by atoms with Gasteiger partial charge in [-0.3, -0.25) is 19.3 Å². The summed E-state index contributed by atoms with van der Waals surface area (Å²) in [6.45, 7) is 0.156. The van der Waals surface area contributed by atoms with Gasteiger partial charge in [0.05, 0.1) is 11.3 Å². The summed E-state index contributed by atoms with van der Waals surface area (Å²) in [6.07, 6.45) is 1.24. The van der Waals surface area contributed by atoms with Gasteiger partial charge in [0.25, 0.3) is 11.1 Å². The monoisotopic (exact) mass is 283 g/mol. The Labute approximate surface area is 112 Å². The van der Waals surface area contributed by atoms with Crippen molar-refractivity contribution in [3.8, 4) is 0 Å². The number of halogens is 1. The Hall–Kier alpha value is -1.96. The van der Waals surface area contributed by atoms with Gasteiger partial charge >= 0.3 is 0 Å². The molecule has 6 nitrogen and oxygen atoms in total. The maximum absolute atomic E-state index is 13.2. The normalized spacial score (nSPS) is 14.9. The maximum Gasteiger partial charge on any atom is 0.288 e. The van der Waals surface area contributed by atoms with Crippen LogP contribution < -0.4 is 5.32 Å². The summed E-state index contributed by atoms with van der Waals surface area (Å²) in [6, 6.07) is 2.75. The molecule has 1 aliphatic heterocycles. The minimum atomic E-state index is -0.858. The number of thioether (sulfide) groups is 1. The highest BCUT2D eigenvalue weighted by Gasteiger charge is 2.29. The van der Waals surface area contributed by atoms with Crippen molar-refractivity contribution in [2.75, 3.05) is 18.8 Å². The Morgan fingerprint density at radius 2 is 2.32 bits per heavy atom. The first-order valence-corrected chi connectivity index (χ1v) is 6.44. The van der Waals surface area contributed by atoms with Gasteiger partial charge in [0.1, 0.15) is 0 Å². The minimum Gasteiger partial charge on any atom is -0.350 e. The second-order valence-corrected chi connectivity index (χ2v) is 4.62. The zero-order valence-electron chi connectivity index (χ0n) is 9.76. The van der Waals surface area contributed by atoms with Crippen LogP contribution in [0.15, 0.2) is 18.3 Å². The van der Waals surface area contributed by atoms with Gasteiger partial charge in [-0.05, 0) is 12.1 Å². The second-order valence-electron chi connectivity index (χ2n) is 3.70. The van der Waals surface area contributed by atoms with Crippen molar-refractivity contribution in [1.29, 1.82) is 0 Å². The summed E-state index contributed by atoms with van der Waals surface area (Å²) in [7, 11) is 0. The van der Waals surface area contributed by atoms with Gasteiger partial charge in [-0.2, -0.15) is 4.39 Å². The van der Waals surface area contributed by atoms with E-state index in [-0.39, 0.29) is 35.6 Å². The minimum absolute atomic E-state index is 0.0746. The molecule has 8 heteroatoms. The molecule has 0 atom stereocenters.